The van der Waals surface area contributed by atoms with Crippen LogP contribution in [0.1, 0.15) is 26.5 Å². The number of aromatic nitrogens is 1. The number of carbonyl (C=O) groups excluding carboxylic acids is 1. The standard InChI is InChI=1S/C24H24N4O2/c1-24(2,3)21-15-22(28-30-21)27-23(29)26-18-13-11-17(12-14-18)25-20-10-6-8-16-7-4-5-9-19(16)20/h4-15,25H,1-3H3,(H2,26,27,28,29). The van der Waals surface area contributed by atoms with E-state index in [0.29, 0.717) is 17.3 Å². The Balaban J connectivity index is 1.40. The van der Waals surface area contributed by atoms with Gasteiger partial charge in [0.25, 0.3) is 0 Å². The Morgan fingerprint density at radius 3 is 2.30 bits per heavy atom. The lowest BCUT2D eigenvalue weighted by Gasteiger charge is -2.12. The molecule has 0 aliphatic carbocycles. The van der Waals surface area contributed by atoms with E-state index in [1.54, 1.807) is 6.07 Å². The zero-order valence-electron chi connectivity index (χ0n) is 17.2. The average molecular weight is 400 g/mol. The van der Waals surface area contributed by atoms with Gasteiger partial charge in [0.1, 0.15) is 5.76 Å². The fraction of sp³-hybridized carbons (Fsp3) is 0.167. The van der Waals surface area contributed by atoms with E-state index in [0.717, 1.165) is 16.8 Å². The van der Waals surface area contributed by atoms with Crippen molar-refractivity contribution in [3.05, 3.63) is 78.6 Å². The number of nitrogens with zero attached hydrogens (tertiary/aromatic N) is 1. The maximum atomic E-state index is 12.2. The minimum atomic E-state index is -0.376. The van der Waals surface area contributed by atoms with Crippen molar-refractivity contribution in [3.8, 4) is 0 Å². The van der Waals surface area contributed by atoms with Crippen molar-refractivity contribution in [2.75, 3.05) is 16.0 Å². The molecule has 0 aliphatic rings. The topological polar surface area (TPSA) is 79.2 Å². The number of hydrogen-bond acceptors (Lipinski definition) is 4. The molecule has 0 spiro atoms. The first-order chi connectivity index (χ1) is 14.4. The second kappa shape index (κ2) is 7.91. The predicted octanol–water partition coefficient (Wildman–Crippen LogP) is 6.51. The minimum Gasteiger partial charge on any atom is -0.359 e. The molecule has 3 N–H and O–H groups in total. The molecule has 0 saturated heterocycles. The molecule has 0 saturated carbocycles. The van der Waals surface area contributed by atoms with Crippen LogP contribution in [0, 0.1) is 0 Å². The van der Waals surface area contributed by atoms with E-state index in [9.17, 15) is 4.79 Å². The van der Waals surface area contributed by atoms with Crippen molar-refractivity contribution < 1.29 is 9.32 Å². The summed E-state index contributed by atoms with van der Waals surface area (Å²) in [6.45, 7) is 6.06. The van der Waals surface area contributed by atoms with Gasteiger partial charge in [0.2, 0.25) is 0 Å². The Kier molecular flexibility index (Phi) is 5.14. The molecule has 0 unspecified atom stereocenters. The lowest BCUT2D eigenvalue weighted by molar-refractivity contribution is 0.262. The Hall–Kier alpha value is -3.80. The SMILES string of the molecule is CC(C)(C)c1cc(NC(=O)Nc2ccc(Nc3cccc4ccccc34)cc2)no1. The second-order valence-electron chi connectivity index (χ2n) is 8.13. The zero-order valence-corrected chi connectivity index (χ0v) is 17.2. The fourth-order valence-corrected chi connectivity index (χ4v) is 3.09. The number of hydrogen-bond donors (Lipinski definition) is 3. The molecule has 3 aromatic carbocycles. The Morgan fingerprint density at radius 1 is 0.867 bits per heavy atom. The molecule has 152 valence electrons. The monoisotopic (exact) mass is 400 g/mol. The van der Waals surface area contributed by atoms with Gasteiger partial charge in [0.15, 0.2) is 5.82 Å². The molecular formula is C24H24N4O2. The summed E-state index contributed by atoms with van der Waals surface area (Å²) >= 11 is 0. The summed E-state index contributed by atoms with van der Waals surface area (Å²) in [6.07, 6.45) is 0. The van der Waals surface area contributed by atoms with Crippen LogP contribution in [-0.2, 0) is 5.41 Å². The van der Waals surface area contributed by atoms with Gasteiger partial charge in [-0.15, -0.1) is 0 Å². The zero-order chi connectivity index (χ0) is 21.1. The largest absolute Gasteiger partial charge is 0.359 e. The number of rotatable bonds is 4. The van der Waals surface area contributed by atoms with Crippen LogP contribution in [-0.4, -0.2) is 11.2 Å². The highest BCUT2D eigenvalue weighted by Gasteiger charge is 2.20. The number of carbonyl (C=O) groups is 1. The van der Waals surface area contributed by atoms with Crippen LogP contribution in [0.5, 0.6) is 0 Å². The first-order valence-electron chi connectivity index (χ1n) is 9.78. The Bertz CT molecular complexity index is 1170. The van der Waals surface area contributed by atoms with Crippen molar-refractivity contribution >= 4 is 39.7 Å². The molecule has 1 aromatic heterocycles. The minimum absolute atomic E-state index is 0.170. The highest BCUT2D eigenvalue weighted by molar-refractivity contribution is 5.99. The van der Waals surface area contributed by atoms with Gasteiger partial charge < -0.3 is 15.2 Å². The number of benzene rings is 3. The highest BCUT2D eigenvalue weighted by atomic mass is 16.5. The van der Waals surface area contributed by atoms with Gasteiger partial charge in [-0.05, 0) is 35.7 Å². The summed E-state index contributed by atoms with van der Waals surface area (Å²) in [5.41, 5.74) is 2.47. The summed E-state index contributed by atoms with van der Waals surface area (Å²) in [7, 11) is 0. The van der Waals surface area contributed by atoms with Gasteiger partial charge in [-0.1, -0.05) is 62.3 Å². The van der Waals surface area contributed by atoms with Crippen molar-refractivity contribution in [3.63, 3.8) is 0 Å². The van der Waals surface area contributed by atoms with E-state index in [4.69, 9.17) is 4.52 Å². The molecule has 4 rings (SSSR count). The number of fused-ring (bicyclic) bond motifs is 1. The van der Waals surface area contributed by atoms with E-state index in [-0.39, 0.29) is 11.4 Å². The normalized spacial score (nSPS) is 11.3. The summed E-state index contributed by atoms with van der Waals surface area (Å²) in [5.74, 6) is 1.09. The van der Waals surface area contributed by atoms with Gasteiger partial charge in [0, 0.05) is 33.9 Å². The number of amides is 2. The quantitative estimate of drug-likeness (QED) is 0.365. The first kappa shape index (κ1) is 19.5. The molecule has 0 atom stereocenters. The molecule has 2 amide bonds. The molecule has 0 radical (unpaired) electrons. The Morgan fingerprint density at radius 2 is 1.57 bits per heavy atom. The van der Waals surface area contributed by atoms with Crippen LogP contribution < -0.4 is 16.0 Å². The molecule has 4 aromatic rings. The van der Waals surface area contributed by atoms with Crippen molar-refractivity contribution in [2.45, 2.75) is 26.2 Å². The first-order valence-corrected chi connectivity index (χ1v) is 9.78. The van der Waals surface area contributed by atoms with E-state index in [2.05, 4.69) is 39.3 Å². The summed E-state index contributed by atoms with van der Waals surface area (Å²) < 4.78 is 5.28. The van der Waals surface area contributed by atoms with Crippen molar-refractivity contribution in [1.82, 2.24) is 5.16 Å². The van der Waals surface area contributed by atoms with Gasteiger partial charge >= 0.3 is 6.03 Å². The molecule has 0 fully saturated rings. The molecule has 6 nitrogen and oxygen atoms in total. The average Bonchev–Trinajstić information content (AvgIpc) is 3.19. The summed E-state index contributed by atoms with van der Waals surface area (Å²) in [4.78, 5) is 12.2. The lowest BCUT2D eigenvalue weighted by Crippen LogP contribution is -2.19. The predicted molar refractivity (Wildman–Crippen MR) is 122 cm³/mol. The van der Waals surface area contributed by atoms with E-state index in [1.807, 2.05) is 69.3 Å². The van der Waals surface area contributed by atoms with Crippen LogP contribution in [0.25, 0.3) is 10.8 Å². The van der Waals surface area contributed by atoms with Gasteiger partial charge in [-0.2, -0.15) is 0 Å². The van der Waals surface area contributed by atoms with E-state index >= 15 is 0 Å². The number of anilines is 4. The lowest BCUT2D eigenvalue weighted by atomic mass is 9.93. The van der Waals surface area contributed by atoms with Crippen LogP contribution >= 0.6 is 0 Å². The molecular weight excluding hydrogens is 376 g/mol. The summed E-state index contributed by atoms with van der Waals surface area (Å²) in [6, 6.07) is 23.3. The maximum Gasteiger partial charge on any atom is 0.324 e. The molecule has 6 heteroatoms. The third kappa shape index (κ3) is 4.43. The van der Waals surface area contributed by atoms with Gasteiger partial charge in [-0.25, -0.2) is 4.79 Å². The molecule has 30 heavy (non-hydrogen) atoms. The second-order valence-corrected chi connectivity index (χ2v) is 8.13. The smallest absolute Gasteiger partial charge is 0.324 e. The van der Waals surface area contributed by atoms with Gasteiger partial charge in [-0.3, -0.25) is 5.32 Å². The number of urea groups is 1. The van der Waals surface area contributed by atoms with E-state index < -0.39 is 0 Å². The Labute approximate surface area is 175 Å². The number of nitrogens with one attached hydrogen (secondary N) is 3. The molecule has 0 aliphatic heterocycles. The van der Waals surface area contributed by atoms with Crippen LogP contribution in [0.15, 0.2) is 77.3 Å². The third-order valence-electron chi connectivity index (χ3n) is 4.70. The van der Waals surface area contributed by atoms with Gasteiger partial charge in [0.05, 0.1) is 0 Å². The van der Waals surface area contributed by atoms with Crippen molar-refractivity contribution in [2.24, 2.45) is 0 Å². The molecule has 0 bridgehead atoms. The highest BCUT2D eigenvalue weighted by Crippen LogP contribution is 2.27. The third-order valence-corrected chi connectivity index (χ3v) is 4.70. The fourth-order valence-electron chi connectivity index (χ4n) is 3.09. The van der Waals surface area contributed by atoms with Crippen LogP contribution in [0.2, 0.25) is 0 Å². The van der Waals surface area contributed by atoms with Crippen LogP contribution in [0.3, 0.4) is 0 Å². The van der Waals surface area contributed by atoms with Crippen molar-refractivity contribution in [1.29, 1.82) is 0 Å². The van der Waals surface area contributed by atoms with E-state index in [1.165, 1.54) is 5.39 Å². The summed E-state index contributed by atoms with van der Waals surface area (Å²) in [5, 5.41) is 15.1. The maximum absolute atomic E-state index is 12.2. The van der Waals surface area contributed by atoms with Crippen LogP contribution in [0.4, 0.5) is 27.7 Å². The molecule has 1 heterocycles.